The molecule has 0 bridgehead atoms. The van der Waals surface area contributed by atoms with Gasteiger partial charge in [-0.1, -0.05) is 41.6 Å². The maximum Gasteiger partial charge on any atom is 0.0992 e. The van der Waals surface area contributed by atoms with E-state index in [9.17, 15) is 0 Å². The summed E-state index contributed by atoms with van der Waals surface area (Å²) in [6.45, 7) is 0.501. The normalized spacial score (nSPS) is 9.05. The van der Waals surface area contributed by atoms with Gasteiger partial charge in [-0.25, -0.2) is 0 Å². The van der Waals surface area contributed by atoms with Crippen molar-refractivity contribution in [2.24, 2.45) is 0 Å². The highest BCUT2D eigenvalue weighted by Gasteiger charge is 1.99. The van der Waals surface area contributed by atoms with Gasteiger partial charge in [-0.15, -0.1) is 0 Å². The third kappa shape index (κ3) is 3.78. The molecule has 1 N–H and O–H groups in total. The minimum atomic E-state index is 0.501. The van der Waals surface area contributed by atoms with Crippen LogP contribution in [0, 0.1) is 23.2 Å². The molecule has 2 aromatic carbocycles. The summed E-state index contributed by atoms with van der Waals surface area (Å²) in [6.07, 6.45) is 0. The van der Waals surface area contributed by atoms with Crippen molar-refractivity contribution >= 4 is 17.3 Å². The lowest BCUT2D eigenvalue weighted by molar-refractivity contribution is 1.37. The van der Waals surface area contributed by atoms with Crippen molar-refractivity contribution in [2.45, 2.75) is 0 Å². The van der Waals surface area contributed by atoms with Crippen LogP contribution in [0.5, 0.6) is 0 Å². The number of benzene rings is 2. The lowest BCUT2D eigenvalue weighted by atomic mass is 10.2. The monoisotopic (exact) mass is 266 g/mol. The molecular weight excluding hydrogens is 256 g/mol. The number of anilines is 1. The highest BCUT2D eigenvalue weighted by Crippen LogP contribution is 2.22. The molecule has 0 fully saturated rings. The third-order valence-corrected chi connectivity index (χ3v) is 2.78. The Hall–Kier alpha value is -2.42. The molecule has 2 nitrogen and oxygen atoms in total. The third-order valence-electron chi connectivity index (χ3n) is 2.47. The molecule has 2 rings (SSSR count). The van der Waals surface area contributed by atoms with E-state index >= 15 is 0 Å². The Morgan fingerprint density at radius 2 is 1.84 bits per heavy atom. The zero-order valence-corrected chi connectivity index (χ0v) is 10.9. The number of rotatable bonds is 2. The summed E-state index contributed by atoms with van der Waals surface area (Å²) in [4.78, 5) is 0. The smallest absolute Gasteiger partial charge is 0.0992 e. The molecule has 19 heavy (non-hydrogen) atoms. The van der Waals surface area contributed by atoms with E-state index in [0.29, 0.717) is 17.1 Å². The van der Waals surface area contributed by atoms with Gasteiger partial charge in [0.05, 0.1) is 28.9 Å². The molecule has 0 saturated carbocycles. The van der Waals surface area contributed by atoms with E-state index in [-0.39, 0.29) is 0 Å². The predicted octanol–water partition coefficient (Wildman–Crippen LogP) is 3.68. The summed E-state index contributed by atoms with van der Waals surface area (Å²) < 4.78 is 0. The van der Waals surface area contributed by atoms with Gasteiger partial charge in [-0.05, 0) is 30.3 Å². The SMILES string of the molecule is N#Cc1ccc(NCC#Cc2ccccc2)c(Cl)c1. The van der Waals surface area contributed by atoms with Crippen LogP contribution in [0.4, 0.5) is 5.69 Å². The van der Waals surface area contributed by atoms with E-state index in [1.54, 1.807) is 18.2 Å². The number of nitrogens with zero attached hydrogens (tertiary/aromatic N) is 1. The van der Waals surface area contributed by atoms with E-state index in [1.807, 2.05) is 36.4 Å². The predicted molar refractivity (Wildman–Crippen MR) is 78.0 cm³/mol. The Labute approximate surface area is 117 Å². The lowest BCUT2D eigenvalue weighted by Gasteiger charge is -2.04. The van der Waals surface area contributed by atoms with Crippen LogP contribution in [0.25, 0.3) is 0 Å². The van der Waals surface area contributed by atoms with Gasteiger partial charge in [0.2, 0.25) is 0 Å². The second-order valence-corrected chi connectivity index (χ2v) is 4.23. The molecule has 0 aliphatic heterocycles. The lowest BCUT2D eigenvalue weighted by Crippen LogP contribution is -1.99. The number of halogens is 1. The van der Waals surface area contributed by atoms with Crippen LogP contribution < -0.4 is 5.32 Å². The average molecular weight is 267 g/mol. The minimum absolute atomic E-state index is 0.501. The molecule has 0 aliphatic rings. The second kappa shape index (κ2) is 6.50. The Kier molecular flexibility index (Phi) is 4.45. The summed E-state index contributed by atoms with van der Waals surface area (Å²) in [6, 6.07) is 17.0. The standard InChI is InChI=1S/C16H11ClN2/c17-15-11-14(12-18)8-9-16(15)19-10-4-7-13-5-2-1-3-6-13/h1-3,5-6,8-9,11,19H,10H2. The first-order valence-corrected chi connectivity index (χ1v) is 6.15. The molecule has 3 heteroatoms. The van der Waals surface area contributed by atoms with Crippen LogP contribution in [-0.4, -0.2) is 6.54 Å². The van der Waals surface area contributed by atoms with Crippen LogP contribution >= 0.6 is 11.6 Å². The Bertz CT molecular complexity index is 661. The zero-order valence-electron chi connectivity index (χ0n) is 10.2. The van der Waals surface area contributed by atoms with Crippen molar-refractivity contribution in [2.75, 3.05) is 11.9 Å². The van der Waals surface area contributed by atoms with Crippen molar-refractivity contribution in [3.63, 3.8) is 0 Å². The molecule has 0 spiro atoms. The number of nitrogens with one attached hydrogen (secondary N) is 1. The van der Waals surface area contributed by atoms with E-state index in [1.165, 1.54) is 0 Å². The largest absolute Gasteiger partial charge is 0.373 e. The molecule has 0 atom stereocenters. The fourth-order valence-corrected chi connectivity index (χ4v) is 1.78. The van der Waals surface area contributed by atoms with Crippen molar-refractivity contribution in [1.82, 2.24) is 0 Å². The topological polar surface area (TPSA) is 35.8 Å². The maximum atomic E-state index is 8.74. The van der Waals surface area contributed by atoms with E-state index in [2.05, 4.69) is 17.2 Å². The summed E-state index contributed by atoms with van der Waals surface area (Å²) >= 11 is 6.04. The molecule has 92 valence electrons. The Morgan fingerprint density at radius 3 is 2.53 bits per heavy atom. The molecule has 0 aromatic heterocycles. The molecule has 0 amide bonds. The van der Waals surface area contributed by atoms with Gasteiger partial charge in [-0.3, -0.25) is 0 Å². The van der Waals surface area contributed by atoms with Gasteiger partial charge >= 0.3 is 0 Å². The summed E-state index contributed by atoms with van der Waals surface area (Å²) in [5.74, 6) is 6.07. The molecule has 0 unspecified atom stereocenters. The van der Waals surface area contributed by atoms with E-state index in [4.69, 9.17) is 16.9 Å². The fourth-order valence-electron chi connectivity index (χ4n) is 1.54. The minimum Gasteiger partial charge on any atom is -0.373 e. The maximum absolute atomic E-state index is 8.74. The van der Waals surface area contributed by atoms with Crippen LogP contribution in [0.2, 0.25) is 5.02 Å². The van der Waals surface area contributed by atoms with Gasteiger partial charge in [0.25, 0.3) is 0 Å². The number of hydrogen-bond acceptors (Lipinski definition) is 2. The molecule has 0 heterocycles. The number of nitriles is 1. The van der Waals surface area contributed by atoms with Gasteiger partial charge in [0, 0.05) is 5.56 Å². The quantitative estimate of drug-likeness (QED) is 0.842. The van der Waals surface area contributed by atoms with Crippen LogP contribution in [-0.2, 0) is 0 Å². The first-order chi connectivity index (χ1) is 9.29. The first kappa shape index (κ1) is 13.0. The van der Waals surface area contributed by atoms with Crippen molar-refractivity contribution in [3.8, 4) is 17.9 Å². The number of hydrogen-bond donors (Lipinski definition) is 1. The molecular formula is C16H11ClN2. The van der Waals surface area contributed by atoms with E-state index < -0.39 is 0 Å². The molecule has 0 saturated heterocycles. The van der Waals surface area contributed by atoms with Gasteiger partial charge < -0.3 is 5.32 Å². The molecule has 2 aromatic rings. The van der Waals surface area contributed by atoms with Gasteiger partial charge in [0.1, 0.15) is 0 Å². The van der Waals surface area contributed by atoms with Crippen molar-refractivity contribution < 1.29 is 0 Å². The van der Waals surface area contributed by atoms with E-state index in [0.717, 1.165) is 11.3 Å². The Morgan fingerprint density at radius 1 is 1.05 bits per heavy atom. The van der Waals surface area contributed by atoms with Crippen LogP contribution in [0.1, 0.15) is 11.1 Å². The fraction of sp³-hybridized carbons (Fsp3) is 0.0625. The zero-order chi connectivity index (χ0) is 13.5. The van der Waals surface area contributed by atoms with Gasteiger partial charge in [-0.2, -0.15) is 5.26 Å². The first-order valence-electron chi connectivity index (χ1n) is 5.77. The highest BCUT2D eigenvalue weighted by atomic mass is 35.5. The van der Waals surface area contributed by atoms with Crippen LogP contribution in [0.3, 0.4) is 0 Å². The summed E-state index contributed by atoms with van der Waals surface area (Å²) in [5.41, 5.74) is 2.31. The Balaban J connectivity index is 1.97. The average Bonchev–Trinajstić information content (AvgIpc) is 2.46. The summed E-state index contributed by atoms with van der Waals surface area (Å²) in [7, 11) is 0. The van der Waals surface area contributed by atoms with Crippen molar-refractivity contribution in [3.05, 3.63) is 64.7 Å². The highest BCUT2D eigenvalue weighted by molar-refractivity contribution is 6.33. The second-order valence-electron chi connectivity index (χ2n) is 3.83. The van der Waals surface area contributed by atoms with Gasteiger partial charge in [0.15, 0.2) is 0 Å². The van der Waals surface area contributed by atoms with Crippen LogP contribution in [0.15, 0.2) is 48.5 Å². The van der Waals surface area contributed by atoms with Crippen molar-refractivity contribution in [1.29, 1.82) is 5.26 Å². The molecule has 0 aliphatic carbocycles. The molecule has 0 radical (unpaired) electrons. The summed E-state index contributed by atoms with van der Waals surface area (Å²) in [5, 5.41) is 12.4.